The molecule has 0 aliphatic rings. The first-order valence-electron chi connectivity index (χ1n) is 8.89. The summed E-state index contributed by atoms with van der Waals surface area (Å²) in [6.45, 7) is 2.02. The van der Waals surface area contributed by atoms with Crippen LogP contribution in [0.1, 0.15) is 31.4 Å². The molecule has 142 valence electrons. The topological polar surface area (TPSA) is 90.9 Å². The Hall–Kier alpha value is -3.16. The molecule has 1 unspecified atom stereocenters. The van der Waals surface area contributed by atoms with Crippen LogP contribution in [-0.4, -0.2) is 24.6 Å². The molecule has 0 fully saturated rings. The second-order valence-corrected chi connectivity index (χ2v) is 6.57. The van der Waals surface area contributed by atoms with Crippen molar-refractivity contribution in [1.29, 1.82) is 0 Å². The molecule has 8 heteroatoms. The number of benzene rings is 1. The van der Waals surface area contributed by atoms with E-state index in [9.17, 15) is 14.4 Å². The van der Waals surface area contributed by atoms with E-state index in [0.29, 0.717) is 0 Å². The highest BCUT2D eigenvalue weighted by Crippen LogP contribution is 2.18. The number of amides is 1. The Morgan fingerprint density at radius 3 is 2.52 bits per heavy atom. The summed E-state index contributed by atoms with van der Waals surface area (Å²) in [6, 6.07) is 9.70. The van der Waals surface area contributed by atoms with E-state index in [4.69, 9.17) is 0 Å². The molecule has 0 aliphatic heterocycles. The van der Waals surface area contributed by atoms with Crippen molar-refractivity contribution in [3.8, 4) is 0 Å². The van der Waals surface area contributed by atoms with E-state index in [1.165, 1.54) is 22.5 Å². The summed E-state index contributed by atoms with van der Waals surface area (Å²) in [5.41, 5.74) is 0.632. The Morgan fingerprint density at radius 1 is 1.15 bits per heavy atom. The number of rotatable bonds is 6. The van der Waals surface area contributed by atoms with Crippen LogP contribution in [0.4, 0.5) is 0 Å². The first kappa shape index (κ1) is 18.6. The number of nitrogens with one attached hydrogen (secondary N) is 1. The Morgan fingerprint density at radius 2 is 1.85 bits per heavy atom. The van der Waals surface area contributed by atoms with E-state index >= 15 is 0 Å². The van der Waals surface area contributed by atoms with Gasteiger partial charge in [-0.2, -0.15) is 0 Å². The monoisotopic (exact) mass is 369 g/mol. The maximum absolute atomic E-state index is 12.6. The zero-order valence-corrected chi connectivity index (χ0v) is 15.7. The first-order chi connectivity index (χ1) is 12.9. The fraction of sp³-hybridized carbons (Fsp3) is 0.368. The van der Waals surface area contributed by atoms with Gasteiger partial charge >= 0.3 is 5.69 Å². The summed E-state index contributed by atoms with van der Waals surface area (Å²) in [6.07, 6.45) is 3.16. The second kappa shape index (κ2) is 7.61. The number of fused-ring (bicyclic) bond motifs is 1. The van der Waals surface area contributed by atoms with Crippen LogP contribution in [0.25, 0.3) is 11.2 Å². The quantitative estimate of drug-likeness (QED) is 0.704. The summed E-state index contributed by atoms with van der Waals surface area (Å²) in [5.74, 6) is -0.215. The van der Waals surface area contributed by atoms with Gasteiger partial charge in [0.2, 0.25) is 5.91 Å². The van der Waals surface area contributed by atoms with Crippen LogP contribution in [0.5, 0.6) is 0 Å². The SMILES string of the molecule is CCCC(NC(=O)Cn1cnc2c1c(=O)n(C)c(=O)n2C)c1ccccc1. The van der Waals surface area contributed by atoms with Crippen LogP contribution in [0, 0.1) is 0 Å². The van der Waals surface area contributed by atoms with Gasteiger partial charge in [-0.3, -0.25) is 18.7 Å². The van der Waals surface area contributed by atoms with E-state index < -0.39 is 11.2 Å². The largest absolute Gasteiger partial charge is 0.348 e. The Kier molecular flexibility index (Phi) is 5.25. The number of carbonyl (C=O) groups excluding carboxylic acids is 1. The number of imidazole rings is 1. The smallest absolute Gasteiger partial charge is 0.332 e. The van der Waals surface area contributed by atoms with Crippen molar-refractivity contribution >= 4 is 17.1 Å². The molecule has 2 heterocycles. The summed E-state index contributed by atoms with van der Waals surface area (Å²) in [5, 5.41) is 3.03. The minimum absolute atomic E-state index is 0.0447. The van der Waals surface area contributed by atoms with Crippen molar-refractivity contribution in [2.45, 2.75) is 32.4 Å². The fourth-order valence-corrected chi connectivity index (χ4v) is 3.21. The van der Waals surface area contributed by atoms with E-state index in [1.807, 2.05) is 30.3 Å². The molecule has 0 saturated carbocycles. The lowest BCUT2D eigenvalue weighted by atomic mass is 10.0. The molecular weight excluding hydrogens is 346 g/mol. The third-order valence-electron chi connectivity index (χ3n) is 4.65. The normalized spacial score (nSPS) is 12.3. The molecule has 3 rings (SSSR count). The maximum Gasteiger partial charge on any atom is 0.332 e. The molecule has 1 N–H and O–H groups in total. The van der Waals surface area contributed by atoms with Gasteiger partial charge < -0.3 is 9.88 Å². The van der Waals surface area contributed by atoms with Crippen LogP contribution in [-0.2, 0) is 25.4 Å². The van der Waals surface area contributed by atoms with Gasteiger partial charge in [-0.25, -0.2) is 9.78 Å². The third kappa shape index (κ3) is 3.55. The molecule has 1 amide bonds. The second-order valence-electron chi connectivity index (χ2n) is 6.57. The molecule has 8 nitrogen and oxygen atoms in total. The van der Waals surface area contributed by atoms with Gasteiger partial charge in [0.1, 0.15) is 6.54 Å². The standard InChI is InChI=1S/C19H23N5O3/c1-4-8-14(13-9-6-5-7-10-13)21-15(25)11-24-12-20-17-16(24)18(26)23(3)19(27)22(17)2/h5-7,9-10,12,14H,4,8,11H2,1-3H3,(H,21,25). The Labute approximate surface area is 156 Å². The molecular formula is C19H23N5O3. The summed E-state index contributed by atoms with van der Waals surface area (Å²) in [4.78, 5) is 41.2. The van der Waals surface area contributed by atoms with Crippen LogP contribution in [0.15, 0.2) is 46.2 Å². The van der Waals surface area contributed by atoms with Crippen molar-refractivity contribution in [2.75, 3.05) is 0 Å². The minimum atomic E-state index is -0.466. The molecule has 0 spiro atoms. The lowest BCUT2D eigenvalue weighted by Gasteiger charge is -2.19. The van der Waals surface area contributed by atoms with Crippen LogP contribution >= 0.6 is 0 Å². The molecule has 1 atom stereocenters. The average Bonchev–Trinajstić information content (AvgIpc) is 3.08. The first-order valence-corrected chi connectivity index (χ1v) is 8.89. The number of hydrogen-bond donors (Lipinski definition) is 1. The maximum atomic E-state index is 12.6. The highest BCUT2D eigenvalue weighted by Gasteiger charge is 2.18. The Bertz CT molecular complexity index is 1080. The molecule has 3 aromatic rings. The lowest BCUT2D eigenvalue weighted by Crippen LogP contribution is -2.38. The van der Waals surface area contributed by atoms with Crippen LogP contribution < -0.4 is 16.6 Å². The number of aryl methyl sites for hydroxylation is 1. The number of nitrogens with zero attached hydrogens (tertiary/aromatic N) is 4. The lowest BCUT2D eigenvalue weighted by molar-refractivity contribution is -0.122. The van der Waals surface area contributed by atoms with Gasteiger partial charge in [0.15, 0.2) is 11.2 Å². The number of carbonyl (C=O) groups is 1. The van der Waals surface area contributed by atoms with E-state index in [2.05, 4.69) is 17.2 Å². The summed E-state index contributed by atoms with van der Waals surface area (Å²) in [7, 11) is 2.96. The molecule has 0 radical (unpaired) electrons. The van der Waals surface area contributed by atoms with Gasteiger partial charge in [-0.1, -0.05) is 43.7 Å². The zero-order valence-electron chi connectivity index (χ0n) is 15.7. The predicted molar refractivity (Wildman–Crippen MR) is 102 cm³/mol. The summed E-state index contributed by atoms with van der Waals surface area (Å²) >= 11 is 0. The molecule has 0 saturated heterocycles. The summed E-state index contributed by atoms with van der Waals surface area (Å²) < 4.78 is 3.80. The number of hydrogen-bond acceptors (Lipinski definition) is 4. The van der Waals surface area contributed by atoms with E-state index in [1.54, 1.807) is 7.05 Å². The van der Waals surface area contributed by atoms with E-state index in [0.717, 1.165) is 23.0 Å². The highest BCUT2D eigenvalue weighted by molar-refractivity contribution is 5.79. The highest BCUT2D eigenvalue weighted by atomic mass is 16.2. The number of aromatic nitrogens is 4. The van der Waals surface area contributed by atoms with Crippen molar-refractivity contribution in [3.63, 3.8) is 0 Å². The Balaban J connectivity index is 1.88. The predicted octanol–water partition coefficient (Wildman–Crippen LogP) is 1.09. The van der Waals surface area contributed by atoms with Gasteiger partial charge in [0.25, 0.3) is 5.56 Å². The molecule has 27 heavy (non-hydrogen) atoms. The fourth-order valence-electron chi connectivity index (χ4n) is 3.21. The van der Waals surface area contributed by atoms with Gasteiger partial charge in [-0.05, 0) is 12.0 Å². The van der Waals surface area contributed by atoms with Crippen LogP contribution in [0.3, 0.4) is 0 Å². The van der Waals surface area contributed by atoms with Gasteiger partial charge in [0, 0.05) is 14.1 Å². The molecule has 0 aliphatic carbocycles. The minimum Gasteiger partial charge on any atom is -0.348 e. The average molecular weight is 369 g/mol. The van der Waals surface area contributed by atoms with Gasteiger partial charge in [-0.15, -0.1) is 0 Å². The van der Waals surface area contributed by atoms with Crippen LogP contribution in [0.2, 0.25) is 0 Å². The molecule has 1 aromatic carbocycles. The molecule has 2 aromatic heterocycles. The van der Waals surface area contributed by atoms with Crippen molar-refractivity contribution in [3.05, 3.63) is 63.1 Å². The van der Waals surface area contributed by atoms with Crippen molar-refractivity contribution < 1.29 is 4.79 Å². The van der Waals surface area contributed by atoms with E-state index in [-0.39, 0.29) is 29.7 Å². The molecule has 0 bridgehead atoms. The van der Waals surface area contributed by atoms with Gasteiger partial charge in [0.05, 0.1) is 12.4 Å². The third-order valence-corrected chi connectivity index (χ3v) is 4.65. The van der Waals surface area contributed by atoms with Crippen molar-refractivity contribution in [1.82, 2.24) is 24.0 Å². The zero-order chi connectivity index (χ0) is 19.6. The van der Waals surface area contributed by atoms with Crippen molar-refractivity contribution in [2.24, 2.45) is 14.1 Å².